The van der Waals surface area contributed by atoms with Crippen LogP contribution >= 0.6 is 22.7 Å². The van der Waals surface area contributed by atoms with Gasteiger partial charge in [0.05, 0.1) is 24.5 Å². The Morgan fingerprint density at radius 2 is 2.00 bits per heavy atom. The number of benzene rings is 1. The zero-order valence-corrected chi connectivity index (χ0v) is 21.8. The number of esters is 1. The molecule has 0 aliphatic carbocycles. The van der Waals surface area contributed by atoms with Gasteiger partial charge in [0.1, 0.15) is 22.4 Å². The predicted octanol–water partition coefficient (Wildman–Crippen LogP) is 5.49. The van der Waals surface area contributed by atoms with Gasteiger partial charge in [-0.05, 0) is 43.8 Å². The van der Waals surface area contributed by atoms with Crippen LogP contribution in [0.2, 0.25) is 0 Å². The molecule has 8 nitrogen and oxygen atoms in total. The molecule has 1 atom stereocenters. The Balaban J connectivity index is 1.80. The lowest BCUT2D eigenvalue weighted by Gasteiger charge is -2.21. The highest BCUT2D eigenvalue weighted by Crippen LogP contribution is 2.45. The van der Waals surface area contributed by atoms with Crippen molar-refractivity contribution in [2.45, 2.75) is 39.7 Å². The van der Waals surface area contributed by atoms with Gasteiger partial charge in [-0.2, -0.15) is 0 Å². The maximum absolute atomic E-state index is 13.3. The van der Waals surface area contributed by atoms with Crippen LogP contribution in [0.25, 0.3) is 5.76 Å². The van der Waals surface area contributed by atoms with E-state index < -0.39 is 23.7 Å². The number of ether oxygens (including phenoxy) is 2. The molecule has 2 aromatic heterocycles. The molecule has 3 aromatic rings. The molecule has 3 heterocycles. The second-order valence-electron chi connectivity index (χ2n) is 8.05. The third-order valence-corrected chi connectivity index (χ3v) is 7.64. The smallest absolute Gasteiger partial charge is 0.350 e. The summed E-state index contributed by atoms with van der Waals surface area (Å²) in [7, 11) is 0. The fourth-order valence-corrected chi connectivity index (χ4v) is 5.65. The van der Waals surface area contributed by atoms with Crippen LogP contribution in [0.15, 0.2) is 47.4 Å². The number of thiazole rings is 1. The van der Waals surface area contributed by atoms with E-state index in [1.165, 1.54) is 16.2 Å². The van der Waals surface area contributed by atoms with Crippen molar-refractivity contribution in [2.24, 2.45) is 0 Å². The van der Waals surface area contributed by atoms with Crippen molar-refractivity contribution in [3.63, 3.8) is 0 Å². The largest absolute Gasteiger partial charge is 0.507 e. The molecule has 0 bridgehead atoms. The molecule has 1 N–H and O–H groups in total. The molecular formula is C26H26N2O6S2. The van der Waals surface area contributed by atoms with Crippen LogP contribution in [0.1, 0.15) is 58.5 Å². The third kappa shape index (κ3) is 4.91. The third-order valence-electron chi connectivity index (χ3n) is 5.58. The van der Waals surface area contributed by atoms with Crippen molar-refractivity contribution in [2.75, 3.05) is 18.1 Å². The number of unbranched alkanes of at least 4 members (excludes halogenated alkanes) is 1. The summed E-state index contributed by atoms with van der Waals surface area (Å²) in [4.78, 5) is 45.5. The Morgan fingerprint density at radius 3 is 2.69 bits per heavy atom. The Kier molecular flexibility index (Phi) is 7.85. The van der Waals surface area contributed by atoms with Crippen LogP contribution < -0.4 is 9.64 Å². The Morgan fingerprint density at radius 1 is 1.19 bits per heavy atom. The number of carbonyl (C=O) groups is 3. The van der Waals surface area contributed by atoms with E-state index in [1.54, 1.807) is 50.2 Å². The van der Waals surface area contributed by atoms with Gasteiger partial charge in [0.25, 0.3) is 5.78 Å². The highest BCUT2D eigenvalue weighted by molar-refractivity contribution is 7.18. The first kappa shape index (κ1) is 25.6. The van der Waals surface area contributed by atoms with Gasteiger partial charge in [-0.1, -0.05) is 42.9 Å². The number of Topliss-reactive ketones (excluding diaryl/α,β-unsaturated/α-hetero) is 1. The minimum atomic E-state index is -0.893. The van der Waals surface area contributed by atoms with Gasteiger partial charge < -0.3 is 14.6 Å². The number of anilines is 1. The van der Waals surface area contributed by atoms with Crippen LogP contribution in [0.3, 0.4) is 0 Å². The Bertz CT molecular complexity index is 1310. The molecule has 1 saturated heterocycles. The van der Waals surface area contributed by atoms with E-state index in [9.17, 15) is 19.5 Å². The van der Waals surface area contributed by atoms with Crippen molar-refractivity contribution in [3.8, 4) is 5.75 Å². The summed E-state index contributed by atoms with van der Waals surface area (Å²) in [5, 5.41) is 13.3. The molecule has 36 heavy (non-hydrogen) atoms. The highest BCUT2D eigenvalue weighted by atomic mass is 32.1. The molecule has 4 rings (SSSR count). The van der Waals surface area contributed by atoms with Gasteiger partial charge >= 0.3 is 11.9 Å². The molecule has 0 spiro atoms. The number of ketones is 1. The Labute approximate surface area is 216 Å². The highest BCUT2D eigenvalue weighted by Gasteiger charge is 2.49. The average Bonchev–Trinajstić information content (AvgIpc) is 3.58. The first-order valence-electron chi connectivity index (χ1n) is 11.6. The number of nitrogens with zero attached hydrogens (tertiary/aromatic N) is 2. The normalized spacial score (nSPS) is 17.0. The lowest BCUT2D eigenvalue weighted by Crippen LogP contribution is -2.29. The molecular weight excluding hydrogens is 500 g/mol. The van der Waals surface area contributed by atoms with Crippen molar-refractivity contribution >= 4 is 51.2 Å². The molecule has 1 amide bonds. The van der Waals surface area contributed by atoms with E-state index in [4.69, 9.17) is 9.47 Å². The maximum Gasteiger partial charge on any atom is 0.350 e. The summed E-state index contributed by atoms with van der Waals surface area (Å²) < 4.78 is 10.8. The summed E-state index contributed by atoms with van der Waals surface area (Å²) in [5.74, 6) is -1.93. The van der Waals surface area contributed by atoms with Crippen molar-refractivity contribution in [1.29, 1.82) is 0 Å². The SMILES string of the molecule is CCCCOc1cccc(C(O)=C2C(=O)C(=O)N(c3nc(C)c(C(=O)OCC)s3)C2c2cccs2)c1. The number of hydrogen-bond donors (Lipinski definition) is 1. The summed E-state index contributed by atoms with van der Waals surface area (Å²) >= 11 is 2.33. The number of carbonyl (C=O) groups excluding carboxylic acids is 3. The number of aromatic nitrogens is 1. The molecule has 1 fully saturated rings. The second kappa shape index (κ2) is 11.0. The number of aryl methyl sites for hydroxylation is 1. The van der Waals surface area contributed by atoms with Gasteiger partial charge in [-0.3, -0.25) is 14.5 Å². The van der Waals surface area contributed by atoms with E-state index in [0.717, 1.165) is 24.2 Å². The van der Waals surface area contributed by atoms with Gasteiger partial charge in [0.15, 0.2) is 5.13 Å². The van der Waals surface area contributed by atoms with Gasteiger partial charge in [-0.15, -0.1) is 11.3 Å². The van der Waals surface area contributed by atoms with Crippen LogP contribution in [0.4, 0.5) is 5.13 Å². The number of aliphatic hydroxyl groups is 1. The molecule has 1 aliphatic heterocycles. The predicted molar refractivity (Wildman–Crippen MR) is 139 cm³/mol. The van der Waals surface area contributed by atoms with Crippen molar-refractivity contribution in [3.05, 3.63) is 68.4 Å². The second-order valence-corrected chi connectivity index (χ2v) is 10.0. The number of hydrogen-bond acceptors (Lipinski definition) is 9. The molecule has 1 aromatic carbocycles. The zero-order chi connectivity index (χ0) is 25.8. The first-order valence-corrected chi connectivity index (χ1v) is 13.3. The van der Waals surface area contributed by atoms with Crippen LogP contribution in [-0.4, -0.2) is 41.0 Å². The topological polar surface area (TPSA) is 106 Å². The summed E-state index contributed by atoms with van der Waals surface area (Å²) in [5.41, 5.74) is 0.724. The molecule has 0 saturated carbocycles. The Hall–Kier alpha value is -3.50. The number of rotatable bonds is 9. The van der Waals surface area contributed by atoms with Crippen LogP contribution in [0.5, 0.6) is 5.75 Å². The zero-order valence-electron chi connectivity index (χ0n) is 20.1. The summed E-state index contributed by atoms with van der Waals surface area (Å²) in [6.07, 6.45) is 1.87. The minimum Gasteiger partial charge on any atom is -0.507 e. The molecule has 10 heteroatoms. The van der Waals surface area contributed by atoms with Crippen molar-refractivity contribution < 1.29 is 29.0 Å². The van der Waals surface area contributed by atoms with E-state index in [2.05, 4.69) is 11.9 Å². The van der Waals surface area contributed by atoms with Crippen LogP contribution in [-0.2, 0) is 14.3 Å². The van der Waals surface area contributed by atoms with Gasteiger partial charge in [-0.25, -0.2) is 9.78 Å². The fourth-order valence-electron chi connectivity index (χ4n) is 3.84. The minimum absolute atomic E-state index is 0.0429. The van der Waals surface area contributed by atoms with Crippen molar-refractivity contribution in [1.82, 2.24) is 4.98 Å². The molecule has 0 radical (unpaired) electrons. The van der Waals surface area contributed by atoms with E-state index in [-0.39, 0.29) is 27.9 Å². The fraction of sp³-hybridized carbons (Fsp3) is 0.308. The number of aliphatic hydroxyl groups excluding tert-OH is 1. The standard InChI is InChI=1S/C26H26N2O6S2/c1-4-6-12-34-17-10-7-9-16(14-17)21(29)19-20(18-11-8-13-35-18)28(24(31)22(19)30)26-27-15(3)23(36-26)25(32)33-5-2/h7-11,13-14,20,29H,4-6,12H2,1-3H3. The van der Waals surface area contributed by atoms with Gasteiger partial charge in [0.2, 0.25) is 0 Å². The average molecular weight is 527 g/mol. The monoisotopic (exact) mass is 526 g/mol. The number of amides is 1. The lowest BCUT2D eigenvalue weighted by atomic mass is 10.00. The van der Waals surface area contributed by atoms with E-state index in [1.807, 2.05) is 5.38 Å². The quantitative estimate of drug-likeness (QED) is 0.129. The first-order chi connectivity index (χ1) is 17.4. The lowest BCUT2D eigenvalue weighted by molar-refractivity contribution is -0.132. The summed E-state index contributed by atoms with van der Waals surface area (Å²) in [6.45, 7) is 6.15. The summed E-state index contributed by atoms with van der Waals surface area (Å²) in [6, 6.07) is 9.51. The molecule has 1 unspecified atom stereocenters. The molecule has 1 aliphatic rings. The number of thiophene rings is 1. The van der Waals surface area contributed by atoms with Crippen LogP contribution in [0, 0.1) is 6.92 Å². The molecule has 188 valence electrons. The van der Waals surface area contributed by atoms with Gasteiger partial charge in [0, 0.05) is 10.4 Å². The van der Waals surface area contributed by atoms with E-state index >= 15 is 0 Å². The maximum atomic E-state index is 13.3. The van der Waals surface area contributed by atoms with E-state index in [0.29, 0.717) is 28.5 Å².